The van der Waals surface area contributed by atoms with Gasteiger partial charge >= 0.3 is 0 Å². The van der Waals surface area contributed by atoms with Crippen LogP contribution in [0.1, 0.15) is 36.4 Å². The number of aryl methyl sites for hydroxylation is 2. The molecule has 1 aliphatic rings. The van der Waals surface area contributed by atoms with Crippen molar-refractivity contribution in [3.8, 4) is 29.1 Å². The van der Waals surface area contributed by atoms with Crippen LogP contribution < -0.4 is 15.6 Å². The van der Waals surface area contributed by atoms with Gasteiger partial charge in [0.05, 0.1) is 22.8 Å². The number of hydrogen-bond acceptors (Lipinski definition) is 8. The van der Waals surface area contributed by atoms with Crippen molar-refractivity contribution in [1.82, 2.24) is 24.4 Å². The Hall–Kier alpha value is -4.79. The molecule has 0 unspecified atom stereocenters. The van der Waals surface area contributed by atoms with E-state index in [9.17, 15) is 15.0 Å². The van der Waals surface area contributed by atoms with Gasteiger partial charge in [-0.25, -0.2) is 4.98 Å². The van der Waals surface area contributed by atoms with Crippen molar-refractivity contribution < 1.29 is 14.9 Å². The lowest BCUT2D eigenvalue weighted by atomic mass is 10.0. The maximum atomic E-state index is 13.0. The smallest absolute Gasteiger partial charge is 0.261 e. The van der Waals surface area contributed by atoms with E-state index in [0.29, 0.717) is 34.4 Å². The van der Waals surface area contributed by atoms with E-state index in [1.807, 2.05) is 54.9 Å². The van der Waals surface area contributed by atoms with Gasteiger partial charge in [-0.15, -0.1) is 0 Å². The molecule has 0 bridgehead atoms. The lowest BCUT2D eigenvalue weighted by molar-refractivity contribution is 0.117. The van der Waals surface area contributed by atoms with Gasteiger partial charge in [-0.2, -0.15) is 5.26 Å². The molecule has 6 rings (SSSR count). The van der Waals surface area contributed by atoms with Gasteiger partial charge in [-0.3, -0.25) is 4.79 Å². The molecule has 1 fully saturated rings. The second kappa shape index (κ2) is 12.4. The number of aliphatic hydroxyl groups excluding tert-OH is 1. The van der Waals surface area contributed by atoms with Crippen molar-refractivity contribution in [3.05, 3.63) is 70.3 Å². The molecule has 1 atom stereocenters. The molecule has 0 saturated carbocycles. The maximum Gasteiger partial charge on any atom is 0.261 e. The first-order valence-corrected chi connectivity index (χ1v) is 15.0. The molecule has 1 saturated heterocycles. The number of nitriles is 1. The first-order valence-electron chi connectivity index (χ1n) is 15.0. The van der Waals surface area contributed by atoms with Crippen LogP contribution in [-0.4, -0.2) is 73.5 Å². The Kier molecular flexibility index (Phi) is 8.28. The van der Waals surface area contributed by atoms with Gasteiger partial charge < -0.3 is 39.7 Å². The second-order valence-corrected chi connectivity index (χ2v) is 11.6. The molecule has 2 aromatic carbocycles. The van der Waals surface area contributed by atoms with Crippen LogP contribution in [0.5, 0.6) is 11.6 Å². The normalized spacial score (nSPS) is 15.0. The number of nitrogens with one attached hydrogen (secondary N) is 3. The molecule has 1 aliphatic heterocycles. The number of ether oxygens (including phenoxy) is 1. The fourth-order valence-electron chi connectivity index (χ4n) is 6.04. The van der Waals surface area contributed by atoms with E-state index in [-0.39, 0.29) is 30.6 Å². The van der Waals surface area contributed by atoms with Gasteiger partial charge in [-0.05, 0) is 56.5 Å². The van der Waals surface area contributed by atoms with E-state index in [1.165, 1.54) is 0 Å². The quantitative estimate of drug-likeness (QED) is 0.157. The number of aromatic amines is 2. The third-order valence-corrected chi connectivity index (χ3v) is 8.39. The molecule has 5 aromatic rings. The Balaban J connectivity index is 1.18. The highest BCUT2D eigenvalue weighted by atomic mass is 16.5. The number of anilines is 1. The van der Waals surface area contributed by atoms with Gasteiger partial charge in [0, 0.05) is 61.8 Å². The molecule has 11 nitrogen and oxygen atoms in total. The summed E-state index contributed by atoms with van der Waals surface area (Å²) in [7, 11) is 0. The monoisotopic (exact) mass is 595 g/mol. The zero-order valence-electron chi connectivity index (χ0n) is 24.9. The lowest BCUT2D eigenvalue weighted by Crippen LogP contribution is -2.35. The predicted octanol–water partition coefficient (Wildman–Crippen LogP) is 4.60. The van der Waals surface area contributed by atoms with Crippen LogP contribution in [0.15, 0.2) is 53.6 Å². The lowest BCUT2D eigenvalue weighted by Gasteiger charge is -2.32. The third-order valence-electron chi connectivity index (χ3n) is 8.39. The molecule has 0 amide bonds. The predicted molar refractivity (Wildman–Crippen MR) is 170 cm³/mol. The molecular weight excluding hydrogens is 558 g/mol. The van der Waals surface area contributed by atoms with Crippen LogP contribution >= 0.6 is 0 Å². The molecule has 0 spiro atoms. The number of aliphatic hydroxyl groups is 1. The molecule has 0 radical (unpaired) electrons. The summed E-state index contributed by atoms with van der Waals surface area (Å²) in [6.07, 6.45) is 5.04. The van der Waals surface area contributed by atoms with Crippen LogP contribution in [0.25, 0.3) is 33.2 Å². The fourth-order valence-corrected chi connectivity index (χ4v) is 6.04. The Bertz CT molecular complexity index is 1890. The summed E-state index contributed by atoms with van der Waals surface area (Å²) in [5.74, 6) is 1.32. The van der Waals surface area contributed by atoms with Crippen LogP contribution in [0.4, 0.5) is 5.69 Å². The van der Waals surface area contributed by atoms with E-state index < -0.39 is 6.10 Å². The summed E-state index contributed by atoms with van der Waals surface area (Å²) in [6, 6.07) is 13.8. The summed E-state index contributed by atoms with van der Waals surface area (Å²) >= 11 is 0. The first-order chi connectivity index (χ1) is 21.3. The van der Waals surface area contributed by atoms with Gasteiger partial charge in [0.15, 0.2) is 5.88 Å². The summed E-state index contributed by atoms with van der Waals surface area (Å²) in [5, 5.41) is 35.4. The number of aromatic nitrogens is 4. The highest BCUT2D eigenvalue weighted by molar-refractivity contribution is 5.99. The number of benzene rings is 2. The number of hydrogen-bond donors (Lipinski definition) is 5. The van der Waals surface area contributed by atoms with E-state index >= 15 is 0 Å². The molecule has 3 aromatic heterocycles. The number of pyridine rings is 1. The summed E-state index contributed by atoms with van der Waals surface area (Å²) in [6.45, 7) is 6.82. The molecule has 0 aliphatic carbocycles. The number of fused-ring (bicyclic) bond motifs is 2. The summed E-state index contributed by atoms with van der Waals surface area (Å²) < 4.78 is 7.76. The van der Waals surface area contributed by atoms with E-state index in [2.05, 4.69) is 26.3 Å². The standard InChI is InChI=1S/C33H37N7O4/c1-20-4-5-29(21(2)14-20)44-19-24(41)17-36-26-6-10-35-32(42)30(26)31-37-27-15-22-18-40(33(43)25(22)16-28(27)38-31)23-7-12-39(13-8-23)11-3-9-34/h4-6,10,14-16,18,23-24,41,43H,3,7-8,11-13,17,19H2,1-2H3,(H,37,38)(H2,35,36,42)/t24-/m1/s1. The topological polar surface area (TPSA) is 155 Å². The van der Waals surface area contributed by atoms with Crippen molar-refractivity contribution in [1.29, 1.82) is 5.26 Å². The van der Waals surface area contributed by atoms with Gasteiger partial charge in [-0.1, -0.05) is 17.7 Å². The molecule has 11 heteroatoms. The van der Waals surface area contributed by atoms with Crippen molar-refractivity contribution in [2.24, 2.45) is 0 Å². The van der Waals surface area contributed by atoms with Crippen LogP contribution in [0, 0.1) is 25.2 Å². The van der Waals surface area contributed by atoms with Crippen molar-refractivity contribution in [2.75, 3.05) is 38.1 Å². The Labute approximate surface area is 254 Å². The molecular formula is C33H37N7O4. The van der Waals surface area contributed by atoms with E-state index in [4.69, 9.17) is 15.0 Å². The van der Waals surface area contributed by atoms with Gasteiger partial charge in [0.1, 0.15) is 29.8 Å². The maximum absolute atomic E-state index is 13.0. The third kappa shape index (κ3) is 6.00. The molecule has 44 heavy (non-hydrogen) atoms. The van der Waals surface area contributed by atoms with Crippen molar-refractivity contribution in [3.63, 3.8) is 0 Å². The van der Waals surface area contributed by atoms with Crippen LogP contribution in [0.2, 0.25) is 0 Å². The largest absolute Gasteiger partial charge is 0.494 e. The fraction of sp³-hybridized carbons (Fsp3) is 0.364. The summed E-state index contributed by atoms with van der Waals surface area (Å²) in [5.41, 5.74) is 4.05. The van der Waals surface area contributed by atoms with Gasteiger partial charge in [0.25, 0.3) is 5.56 Å². The van der Waals surface area contributed by atoms with Crippen molar-refractivity contribution in [2.45, 2.75) is 45.3 Å². The Morgan fingerprint density at radius 2 is 2.02 bits per heavy atom. The highest BCUT2D eigenvalue weighted by Crippen LogP contribution is 2.36. The Morgan fingerprint density at radius 3 is 2.80 bits per heavy atom. The second-order valence-electron chi connectivity index (χ2n) is 11.6. The number of aromatic hydroxyl groups is 1. The minimum absolute atomic E-state index is 0.0967. The zero-order chi connectivity index (χ0) is 30.8. The number of piperidine rings is 1. The van der Waals surface area contributed by atoms with Crippen LogP contribution in [0.3, 0.4) is 0 Å². The number of imidazole rings is 1. The SMILES string of the molecule is Cc1ccc(OC[C@H](O)CNc2cc[nH]c(=O)c2-c2nc3cc4c(O)n(C5CCN(CCC#N)CC5)cc4cc3[nH]2)c(C)c1. The Morgan fingerprint density at radius 1 is 1.20 bits per heavy atom. The van der Waals surface area contributed by atoms with E-state index in [1.54, 1.807) is 12.3 Å². The van der Waals surface area contributed by atoms with Crippen LogP contribution in [-0.2, 0) is 0 Å². The average molecular weight is 596 g/mol. The number of H-pyrrole nitrogens is 2. The molecule has 228 valence electrons. The number of nitrogens with zero attached hydrogens (tertiary/aromatic N) is 4. The average Bonchev–Trinajstić information content (AvgIpc) is 3.57. The number of likely N-dealkylation sites (tertiary alicyclic amines) is 1. The first kappa shape index (κ1) is 29.3. The minimum Gasteiger partial charge on any atom is -0.494 e. The van der Waals surface area contributed by atoms with Crippen molar-refractivity contribution >= 4 is 27.5 Å². The number of rotatable bonds is 10. The minimum atomic E-state index is -0.816. The zero-order valence-corrected chi connectivity index (χ0v) is 24.9. The summed E-state index contributed by atoms with van der Waals surface area (Å²) in [4.78, 5) is 26.0. The molecule has 5 N–H and O–H groups in total. The van der Waals surface area contributed by atoms with Gasteiger partial charge in [0.2, 0.25) is 0 Å². The van der Waals surface area contributed by atoms with E-state index in [0.717, 1.165) is 60.3 Å². The molecule has 4 heterocycles. The highest BCUT2D eigenvalue weighted by Gasteiger charge is 2.24.